The van der Waals surface area contributed by atoms with Crippen molar-refractivity contribution in [1.82, 2.24) is 39.7 Å². The molecule has 48 heavy (non-hydrogen) atoms. The van der Waals surface area contributed by atoms with Crippen molar-refractivity contribution in [2.75, 3.05) is 30.3 Å². The predicted molar refractivity (Wildman–Crippen MR) is 162 cm³/mol. The quantitative estimate of drug-likeness (QED) is 0.142. The second-order valence-corrected chi connectivity index (χ2v) is 10.8. The van der Waals surface area contributed by atoms with Crippen molar-refractivity contribution in [1.29, 1.82) is 0 Å². The van der Waals surface area contributed by atoms with E-state index in [0.29, 0.717) is 12.4 Å². The van der Waals surface area contributed by atoms with Gasteiger partial charge in [0.1, 0.15) is 6.10 Å². The first-order valence-electron chi connectivity index (χ1n) is 15.0. The highest BCUT2D eigenvalue weighted by molar-refractivity contribution is 5.84. The lowest BCUT2D eigenvalue weighted by Gasteiger charge is -2.21. The SMILES string of the molecule is CCn1nnc([C@H]2O[C@@H](n3cnc4c(NCC(c5ccccc5)c5ccccc5)nc(NCCO)nc43)[C@H](O)[C@@H]2OC(=O)C(F)(F)F)n1. The van der Waals surface area contributed by atoms with Gasteiger partial charge >= 0.3 is 12.1 Å². The normalized spacial score (nSPS) is 19.6. The van der Waals surface area contributed by atoms with E-state index in [1.54, 1.807) is 6.92 Å². The van der Waals surface area contributed by atoms with Gasteiger partial charge in [-0.2, -0.15) is 27.9 Å². The predicted octanol–water partition coefficient (Wildman–Crippen LogP) is 2.59. The zero-order valence-corrected chi connectivity index (χ0v) is 25.4. The minimum atomic E-state index is -5.34. The number of carbonyl (C=O) groups excluding carboxylic acids is 1. The largest absolute Gasteiger partial charge is 0.490 e. The molecule has 1 aliphatic rings. The third-order valence-corrected chi connectivity index (χ3v) is 7.66. The van der Waals surface area contributed by atoms with E-state index in [1.807, 2.05) is 60.7 Å². The van der Waals surface area contributed by atoms with E-state index >= 15 is 0 Å². The number of rotatable bonds is 12. The Morgan fingerprint density at radius 3 is 2.35 bits per heavy atom. The maximum Gasteiger partial charge on any atom is 0.490 e. The van der Waals surface area contributed by atoms with Crippen LogP contribution in [0.4, 0.5) is 24.9 Å². The van der Waals surface area contributed by atoms with Gasteiger partial charge < -0.3 is 30.3 Å². The van der Waals surface area contributed by atoms with Crippen LogP contribution >= 0.6 is 0 Å². The molecule has 4 N–H and O–H groups in total. The van der Waals surface area contributed by atoms with Crippen molar-refractivity contribution >= 4 is 28.9 Å². The fourth-order valence-electron chi connectivity index (χ4n) is 5.38. The molecule has 0 aliphatic carbocycles. The first-order valence-corrected chi connectivity index (χ1v) is 15.0. The summed E-state index contributed by atoms with van der Waals surface area (Å²) in [6.07, 6.45) is -10.7. The topological polar surface area (TPSA) is 187 Å². The standard InChI is InChI=1S/C30H31F3N10O5/c1-2-43-40-25(39-41-43)23-22(48-28(46)30(31,32)33)21(45)27(47-23)42-16-36-20-24(37-29(34-13-14-44)38-26(20)42)35-15-19(17-9-5-3-6-10-17)18-11-7-4-8-12-18/h3-12,16,19,21-23,27,44-45H,2,13-15H2,1H3,(H2,34,35,37,38)/t21-,22+,23+,27-/m1/s1. The average Bonchev–Trinajstić information content (AvgIpc) is 3.82. The Balaban J connectivity index is 1.36. The van der Waals surface area contributed by atoms with Gasteiger partial charge in [-0.25, -0.2) is 9.78 Å². The lowest BCUT2D eigenvalue weighted by atomic mass is 9.91. The number of nitrogens with zero attached hydrogens (tertiary/aromatic N) is 8. The number of aromatic nitrogens is 8. The Kier molecular flexibility index (Phi) is 9.47. The maximum absolute atomic E-state index is 13.2. The van der Waals surface area contributed by atoms with Crippen molar-refractivity contribution < 1.29 is 37.7 Å². The molecule has 1 aliphatic heterocycles. The van der Waals surface area contributed by atoms with Crippen LogP contribution < -0.4 is 10.6 Å². The van der Waals surface area contributed by atoms with Gasteiger partial charge in [-0.15, -0.1) is 10.2 Å². The highest BCUT2D eigenvalue weighted by Crippen LogP contribution is 2.41. The third-order valence-electron chi connectivity index (χ3n) is 7.66. The van der Waals surface area contributed by atoms with Crippen LogP contribution in [-0.2, 0) is 20.8 Å². The number of hydrogen-bond acceptors (Lipinski definition) is 13. The fourth-order valence-corrected chi connectivity index (χ4v) is 5.38. The number of esters is 1. The van der Waals surface area contributed by atoms with E-state index in [1.165, 1.54) is 10.9 Å². The number of aryl methyl sites for hydroxylation is 1. The molecule has 4 atom stereocenters. The maximum atomic E-state index is 13.2. The van der Waals surface area contributed by atoms with E-state index in [4.69, 9.17) is 9.47 Å². The molecule has 3 aromatic heterocycles. The number of benzene rings is 2. The molecule has 0 saturated carbocycles. The van der Waals surface area contributed by atoms with Crippen LogP contribution in [0, 0.1) is 0 Å². The number of alkyl halides is 3. The van der Waals surface area contributed by atoms with Gasteiger partial charge in [-0.3, -0.25) is 4.57 Å². The number of tetrazole rings is 1. The molecule has 18 heteroatoms. The lowest BCUT2D eigenvalue weighted by Crippen LogP contribution is -2.38. The van der Waals surface area contributed by atoms with E-state index in [-0.39, 0.29) is 48.6 Å². The van der Waals surface area contributed by atoms with Gasteiger partial charge in [0.25, 0.3) is 0 Å². The number of imidazole rings is 1. The number of aliphatic hydroxyl groups is 2. The highest BCUT2D eigenvalue weighted by Gasteiger charge is 2.53. The summed E-state index contributed by atoms with van der Waals surface area (Å²) >= 11 is 0. The molecule has 0 radical (unpaired) electrons. The van der Waals surface area contributed by atoms with Gasteiger partial charge in [0.05, 0.1) is 19.5 Å². The number of halogens is 3. The molecule has 0 amide bonds. The summed E-state index contributed by atoms with van der Waals surface area (Å²) in [6, 6.07) is 19.7. The van der Waals surface area contributed by atoms with Gasteiger partial charge in [0.15, 0.2) is 35.4 Å². The minimum Gasteiger partial charge on any atom is -0.449 e. The average molecular weight is 669 g/mol. The summed E-state index contributed by atoms with van der Waals surface area (Å²) in [5, 5.41) is 38.7. The molecule has 15 nitrogen and oxygen atoms in total. The Hall–Kier alpha value is -5.20. The Morgan fingerprint density at radius 1 is 1.06 bits per heavy atom. The number of ether oxygens (including phenoxy) is 2. The molecular weight excluding hydrogens is 637 g/mol. The second-order valence-electron chi connectivity index (χ2n) is 10.8. The van der Waals surface area contributed by atoms with Crippen LogP contribution in [0.15, 0.2) is 67.0 Å². The lowest BCUT2D eigenvalue weighted by molar-refractivity contribution is -0.210. The summed E-state index contributed by atoms with van der Waals surface area (Å²) in [5.74, 6) is -2.42. The number of hydrogen-bond donors (Lipinski definition) is 4. The van der Waals surface area contributed by atoms with Crippen LogP contribution in [-0.4, -0.2) is 94.0 Å². The van der Waals surface area contributed by atoms with Crippen LogP contribution in [0.2, 0.25) is 0 Å². The molecule has 0 spiro atoms. The van der Waals surface area contributed by atoms with Crippen LogP contribution in [0.3, 0.4) is 0 Å². The van der Waals surface area contributed by atoms with E-state index in [2.05, 4.69) is 41.0 Å². The summed E-state index contributed by atoms with van der Waals surface area (Å²) in [4.78, 5) is 26.6. The molecule has 6 rings (SSSR count). The number of nitrogens with one attached hydrogen (secondary N) is 2. The molecular formula is C30H31F3N10O5. The van der Waals surface area contributed by atoms with E-state index in [9.17, 15) is 28.2 Å². The van der Waals surface area contributed by atoms with Crippen molar-refractivity contribution in [2.24, 2.45) is 0 Å². The molecule has 0 bridgehead atoms. The van der Waals surface area contributed by atoms with Crippen LogP contribution in [0.5, 0.6) is 0 Å². The molecule has 5 aromatic rings. The van der Waals surface area contributed by atoms with Crippen LogP contribution in [0.25, 0.3) is 11.2 Å². The minimum absolute atomic E-state index is 0.0911. The fraction of sp³-hybridized carbons (Fsp3) is 0.367. The van der Waals surface area contributed by atoms with Gasteiger partial charge in [0.2, 0.25) is 11.8 Å². The highest BCUT2D eigenvalue weighted by atomic mass is 19.4. The van der Waals surface area contributed by atoms with Crippen molar-refractivity contribution in [2.45, 2.75) is 50.1 Å². The Bertz CT molecular complexity index is 1800. The molecule has 2 aromatic carbocycles. The molecule has 4 heterocycles. The first kappa shape index (κ1) is 32.7. The number of fused-ring (bicyclic) bond motifs is 1. The summed E-state index contributed by atoms with van der Waals surface area (Å²) in [5.41, 5.74) is 2.47. The number of aliphatic hydroxyl groups excluding tert-OH is 2. The van der Waals surface area contributed by atoms with E-state index in [0.717, 1.165) is 15.9 Å². The summed E-state index contributed by atoms with van der Waals surface area (Å²) in [6.45, 7) is 2.26. The first-order chi connectivity index (χ1) is 23.2. The van der Waals surface area contributed by atoms with Crippen LogP contribution in [0.1, 0.15) is 42.1 Å². The molecule has 0 unspecified atom stereocenters. The van der Waals surface area contributed by atoms with Gasteiger partial charge in [-0.05, 0) is 23.3 Å². The molecule has 1 saturated heterocycles. The molecule has 252 valence electrons. The Labute approximate surface area is 270 Å². The Morgan fingerprint density at radius 2 is 1.75 bits per heavy atom. The van der Waals surface area contributed by atoms with Crippen molar-refractivity contribution in [3.8, 4) is 0 Å². The van der Waals surface area contributed by atoms with Crippen molar-refractivity contribution in [3.63, 3.8) is 0 Å². The smallest absolute Gasteiger partial charge is 0.449 e. The third kappa shape index (κ3) is 6.76. The van der Waals surface area contributed by atoms with Gasteiger partial charge in [0, 0.05) is 19.0 Å². The zero-order chi connectivity index (χ0) is 33.8. The zero-order valence-electron chi connectivity index (χ0n) is 25.4. The number of anilines is 2. The molecule has 1 fully saturated rings. The van der Waals surface area contributed by atoms with Gasteiger partial charge in [-0.1, -0.05) is 60.7 Å². The summed E-state index contributed by atoms with van der Waals surface area (Å²) in [7, 11) is 0. The number of carbonyl (C=O) groups is 1. The monoisotopic (exact) mass is 668 g/mol. The summed E-state index contributed by atoms with van der Waals surface area (Å²) < 4.78 is 51.7. The van der Waals surface area contributed by atoms with E-state index < -0.39 is 36.7 Å². The second kappa shape index (κ2) is 13.9. The van der Waals surface area contributed by atoms with Crippen molar-refractivity contribution in [3.05, 3.63) is 83.9 Å².